The van der Waals surface area contributed by atoms with Gasteiger partial charge in [-0.05, 0) is 18.2 Å². The van der Waals surface area contributed by atoms with Crippen LogP contribution < -0.4 is 5.73 Å². The molecule has 0 heterocycles. The van der Waals surface area contributed by atoms with Crippen molar-refractivity contribution in [3.8, 4) is 6.07 Å². The van der Waals surface area contributed by atoms with Gasteiger partial charge in [0.1, 0.15) is 0 Å². The van der Waals surface area contributed by atoms with Crippen molar-refractivity contribution in [2.75, 3.05) is 5.73 Å². The number of nitrogens with zero attached hydrogens (tertiary/aromatic N) is 1. The molecule has 0 spiro atoms. The molecule has 1 aromatic carbocycles. The second-order valence-electron chi connectivity index (χ2n) is 3.11. The van der Waals surface area contributed by atoms with E-state index in [-0.39, 0.29) is 23.4 Å². The van der Waals surface area contributed by atoms with Gasteiger partial charge in [0, 0.05) is 11.3 Å². The van der Waals surface area contributed by atoms with Crippen molar-refractivity contribution < 1.29 is 13.2 Å². The van der Waals surface area contributed by atoms with Crippen LogP contribution >= 0.6 is 0 Å². The monoisotopic (exact) mass is 227 g/mol. The maximum Gasteiger partial charge on any atom is 0.416 e. The predicted molar refractivity (Wildman–Crippen MR) is 52.9 cm³/mol. The molecule has 16 heavy (non-hydrogen) atoms. The normalized spacial score (nSPS) is 10.9. The van der Waals surface area contributed by atoms with Crippen LogP contribution in [-0.4, -0.2) is 5.71 Å². The molecule has 0 aromatic heterocycles. The summed E-state index contributed by atoms with van der Waals surface area (Å²) >= 11 is 0. The molecule has 3 N–H and O–H groups in total. The summed E-state index contributed by atoms with van der Waals surface area (Å²) in [6.45, 7) is 0. The molecule has 6 heteroatoms. The van der Waals surface area contributed by atoms with Crippen LogP contribution in [0.2, 0.25) is 0 Å². The lowest BCUT2D eigenvalue weighted by Crippen LogP contribution is -2.09. The predicted octanol–water partition coefficient (Wildman–Crippen LogP) is 2.57. The van der Waals surface area contributed by atoms with E-state index in [0.717, 1.165) is 18.2 Å². The molecule has 0 aliphatic heterocycles. The smallest absolute Gasteiger partial charge is 0.398 e. The van der Waals surface area contributed by atoms with Crippen LogP contribution in [0.25, 0.3) is 0 Å². The molecular formula is C10H8F3N3. The number of nitrogen functional groups attached to an aromatic ring is 1. The Morgan fingerprint density at radius 1 is 1.44 bits per heavy atom. The maximum atomic E-state index is 12.4. The Morgan fingerprint density at radius 2 is 2.06 bits per heavy atom. The average Bonchev–Trinajstić information content (AvgIpc) is 2.16. The quantitative estimate of drug-likeness (QED) is 0.601. The van der Waals surface area contributed by atoms with Gasteiger partial charge >= 0.3 is 6.18 Å². The van der Waals surface area contributed by atoms with Crippen molar-refractivity contribution in [2.24, 2.45) is 0 Å². The highest BCUT2D eigenvalue weighted by Gasteiger charge is 2.31. The molecule has 84 valence electrons. The molecule has 0 bridgehead atoms. The summed E-state index contributed by atoms with van der Waals surface area (Å²) in [4.78, 5) is 0. The second kappa shape index (κ2) is 4.23. The minimum Gasteiger partial charge on any atom is -0.398 e. The lowest BCUT2D eigenvalue weighted by atomic mass is 10.0. The minimum absolute atomic E-state index is 0.0450. The maximum absolute atomic E-state index is 12.4. The first kappa shape index (κ1) is 12.0. The van der Waals surface area contributed by atoms with Gasteiger partial charge in [0.15, 0.2) is 0 Å². The van der Waals surface area contributed by atoms with Gasteiger partial charge in [-0.1, -0.05) is 0 Å². The summed E-state index contributed by atoms with van der Waals surface area (Å²) < 4.78 is 37.1. The Bertz CT molecular complexity index is 457. The molecule has 0 aliphatic carbocycles. The number of halogens is 3. The fraction of sp³-hybridized carbons (Fsp3) is 0.200. The van der Waals surface area contributed by atoms with Crippen molar-refractivity contribution in [2.45, 2.75) is 12.6 Å². The lowest BCUT2D eigenvalue weighted by molar-refractivity contribution is -0.137. The number of hydrogen-bond donors (Lipinski definition) is 2. The molecule has 1 aromatic rings. The number of nitrogens with one attached hydrogen (secondary N) is 1. The SMILES string of the molecule is N#CCC(=N)c1cc(C(F)(F)F)ccc1N. The van der Waals surface area contributed by atoms with Gasteiger partial charge in [0.2, 0.25) is 0 Å². The molecule has 0 atom stereocenters. The molecule has 3 nitrogen and oxygen atoms in total. The zero-order valence-corrected chi connectivity index (χ0v) is 8.10. The van der Waals surface area contributed by atoms with E-state index in [4.69, 9.17) is 16.4 Å². The Kier molecular flexibility index (Phi) is 3.18. The van der Waals surface area contributed by atoms with E-state index in [0.29, 0.717) is 0 Å². The molecule has 0 saturated heterocycles. The summed E-state index contributed by atoms with van der Waals surface area (Å²) in [6, 6.07) is 4.41. The summed E-state index contributed by atoms with van der Waals surface area (Å²) in [5.41, 5.74) is 4.37. The highest BCUT2D eigenvalue weighted by Crippen LogP contribution is 2.31. The molecule has 0 unspecified atom stereocenters. The van der Waals surface area contributed by atoms with E-state index in [1.54, 1.807) is 6.07 Å². The zero-order valence-electron chi connectivity index (χ0n) is 8.10. The Balaban J connectivity index is 3.20. The van der Waals surface area contributed by atoms with Crippen molar-refractivity contribution in [1.82, 2.24) is 0 Å². The summed E-state index contributed by atoms with van der Waals surface area (Å²) in [5.74, 6) is 0. The number of anilines is 1. The molecule has 0 saturated carbocycles. The van der Waals surface area contributed by atoms with Crippen LogP contribution in [0.3, 0.4) is 0 Å². The average molecular weight is 227 g/mol. The van der Waals surface area contributed by atoms with Crippen LogP contribution in [0.4, 0.5) is 18.9 Å². The molecule has 0 radical (unpaired) electrons. The third kappa shape index (κ3) is 2.51. The topological polar surface area (TPSA) is 73.7 Å². The Morgan fingerprint density at radius 3 is 2.56 bits per heavy atom. The second-order valence-corrected chi connectivity index (χ2v) is 3.11. The van der Waals surface area contributed by atoms with Crippen molar-refractivity contribution >= 4 is 11.4 Å². The van der Waals surface area contributed by atoms with E-state index >= 15 is 0 Å². The summed E-state index contributed by atoms with van der Waals surface area (Å²) in [5, 5.41) is 15.8. The Hall–Kier alpha value is -2.03. The fourth-order valence-electron chi connectivity index (χ4n) is 1.17. The lowest BCUT2D eigenvalue weighted by Gasteiger charge is -2.10. The molecule has 0 aliphatic rings. The van der Waals surface area contributed by atoms with Gasteiger partial charge < -0.3 is 11.1 Å². The van der Waals surface area contributed by atoms with E-state index in [1.165, 1.54) is 0 Å². The number of nitrogens with two attached hydrogens (primary N) is 1. The first-order valence-electron chi connectivity index (χ1n) is 4.27. The van der Waals surface area contributed by atoms with E-state index in [9.17, 15) is 13.2 Å². The van der Waals surface area contributed by atoms with E-state index in [1.807, 2.05) is 0 Å². The molecule has 1 rings (SSSR count). The van der Waals surface area contributed by atoms with Crippen molar-refractivity contribution in [3.05, 3.63) is 29.3 Å². The first-order valence-corrected chi connectivity index (χ1v) is 4.27. The molecule has 0 fully saturated rings. The van der Waals surface area contributed by atoms with Gasteiger partial charge in [-0.2, -0.15) is 18.4 Å². The summed E-state index contributed by atoms with van der Waals surface area (Å²) in [7, 11) is 0. The van der Waals surface area contributed by atoms with Gasteiger partial charge in [0.25, 0.3) is 0 Å². The number of rotatable bonds is 2. The third-order valence-electron chi connectivity index (χ3n) is 1.96. The van der Waals surface area contributed by atoms with Crippen LogP contribution in [0.15, 0.2) is 18.2 Å². The van der Waals surface area contributed by atoms with Crippen molar-refractivity contribution in [1.29, 1.82) is 10.7 Å². The van der Waals surface area contributed by atoms with E-state index in [2.05, 4.69) is 0 Å². The van der Waals surface area contributed by atoms with Crippen LogP contribution in [-0.2, 0) is 6.18 Å². The van der Waals surface area contributed by atoms with Gasteiger partial charge in [-0.15, -0.1) is 0 Å². The Labute approximate surface area is 89.8 Å². The number of hydrogen-bond acceptors (Lipinski definition) is 3. The van der Waals surface area contributed by atoms with Crippen LogP contribution in [0.1, 0.15) is 17.5 Å². The first-order chi connectivity index (χ1) is 7.36. The number of benzene rings is 1. The molecular weight excluding hydrogens is 219 g/mol. The largest absolute Gasteiger partial charge is 0.416 e. The number of alkyl halides is 3. The zero-order chi connectivity index (χ0) is 12.3. The highest BCUT2D eigenvalue weighted by atomic mass is 19.4. The summed E-state index contributed by atoms with van der Waals surface area (Å²) in [6.07, 6.45) is -4.75. The van der Waals surface area contributed by atoms with Crippen molar-refractivity contribution in [3.63, 3.8) is 0 Å². The number of nitriles is 1. The molecule has 0 amide bonds. The third-order valence-corrected chi connectivity index (χ3v) is 1.96. The van der Waals surface area contributed by atoms with Gasteiger partial charge in [-0.25, -0.2) is 0 Å². The van der Waals surface area contributed by atoms with E-state index < -0.39 is 11.7 Å². The fourth-order valence-corrected chi connectivity index (χ4v) is 1.17. The minimum atomic E-state index is -4.48. The van der Waals surface area contributed by atoms with Crippen LogP contribution in [0, 0.1) is 16.7 Å². The van der Waals surface area contributed by atoms with Crippen LogP contribution in [0.5, 0.6) is 0 Å². The van der Waals surface area contributed by atoms with Gasteiger partial charge in [-0.3, -0.25) is 0 Å². The standard InChI is InChI=1S/C10H8F3N3/c11-10(12,13)6-1-2-8(15)7(5-6)9(16)3-4-14/h1-2,5,16H,3,15H2. The van der Waals surface area contributed by atoms with Gasteiger partial charge in [0.05, 0.1) is 23.8 Å². The highest BCUT2D eigenvalue weighted by molar-refractivity contribution is 6.03.